The van der Waals surface area contributed by atoms with Gasteiger partial charge in [0.15, 0.2) is 18.1 Å². The second-order valence-corrected chi connectivity index (χ2v) is 5.48. The fraction of sp³-hybridized carbons (Fsp3) is 0.455. The van der Waals surface area contributed by atoms with Gasteiger partial charge in [-0.3, -0.25) is 4.55 Å². The van der Waals surface area contributed by atoms with Gasteiger partial charge in [0.2, 0.25) is 5.44 Å². The lowest BCUT2D eigenvalue weighted by Gasteiger charge is -2.18. The molecule has 0 radical (unpaired) electrons. The van der Waals surface area contributed by atoms with Gasteiger partial charge in [-0.2, -0.15) is 21.6 Å². The predicted octanol–water partition coefficient (Wildman–Crippen LogP) is 1.60. The van der Waals surface area contributed by atoms with Crippen LogP contribution >= 0.6 is 0 Å². The first-order valence-corrected chi connectivity index (χ1v) is 7.16. The van der Waals surface area contributed by atoms with Crippen LogP contribution in [-0.4, -0.2) is 42.9 Å². The number of para-hydroxylation sites is 2. The summed E-state index contributed by atoms with van der Waals surface area (Å²) in [7, 11) is -4.65. The molecule has 10 heteroatoms. The molecule has 1 atom stereocenters. The Morgan fingerprint density at radius 1 is 1.19 bits per heavy atom. The summed E-state index contributed by atoms with van der Waals surface area (Å²) in [5.41, 5.74) is -1.81. The molecule has 0 saturated heterocycles. The Morgan fingerprint density at radius 2 is 1.76 bits per heavy atom. The number of benzene rings is 1. The van der Waals surface area contributed by atoms with Crippen molar-refractivity contribution in [1.29, 1.82) is 0 Å². The Kier molecular flexibility index (Phi) is 5.81. The van der Waals surface area contributed by atoms with Gasteiger partial charge in [0.05, 0.1) is 0 Å². The molecule has 120 valence electrons. The average molecular weight is 330 g/mol. The molecule has 1 aromatic rings. The number of aliphatic hydroxyl groups is 1. The molecule has 0 heterocycles. The lowest BCUT2D eigenvalue weighted by molar-refractivity contribution is -0.153. The molecule has 0 saturated carbocycles. The van der Waals surface area contributed by atoms with Crippen LogP contribution in [-0.2, 0) is 10.1 Å². The molecule has 21 heavy (non-hydrogen) atoms. The molecule has 1 aromatic carbocycles. The van der Waals surface area contributed by atoms with Gasteiger partial charge >= 0.3 is 16.3 Å². The van der Waals surface area contributed by atoms with Gasteiger partial charge in [0.1, 0.15) is 0 Å². The van der Waals surface area contributed by atoms with Crippen LogP contribution in [0.25, 0.3) is 0 Å². The van der Waals surface area contributed by atoms with Crippen molar-refractivity contribution < 1.29 is 40.7 Å². The molecule has 0 aliphatic rings. The van der Waals surface area contributed by atoms with Gasteiger partial charge in [0.25, 0.3) is 0 Å². The highest BCUT2D eigenvalue weighted by molar-refractivity contribution is 7.86. The van der Waals surface area contributed by atoms with E-state index in [1.165, 1.54) is 18.2 Å². The number of alkyl halides is 3. The maximum atomic E-state index is 12.1. The summed E-state index contributed by atoms with van der Waals surface area (Å²) in [6.45, 7) is -2.18. The zero-order valence-corrected chi connectivity index (χ0v) is 11.4. The lowest BCUT2D eigenvalue weighted by atomic mass is 10.3. The number of rotatable bonds is 7. The summed E-state index contributed by atoms with van der Waals surface area (Å²) in [4.78, 5) is 0. The van der Waals surface area contributed by atoms with Crippen LogP contribution in [0.15, 0.2) is 24.3 Å². The first kappa shape index (κ1) is 17.5. The van der Waals surface area contributed by atoms with Gasteiger partial charge in [0, 0.05) is 13.0 Å². The Balaban J connectivity index is 2.92. The van der Waals surface area contributed by atoms with E-state index >= 15 is 0 Å². The van der Waals surface area contributed by atoms with Crippen LogP contribution in [0.1, 0.15) is 6.42 Å². The largest absolute Gasteiger partial charge is 0.480 e. The minimum Gasteiger partial charge on any atom is -0.480 e. The van der Waals surface area contributed by atoms with E-state index in [1.54, 1.807) is 0 Å². The smallest absolute Gasteiger partial charge is 0.422 e. The maximum absolute atomic E-state index is 12.1. The predicted molar refractivity (Wildman–Crippen MR) is 65.7 cm³/mol. The van der Waals surface area contributed by atoms with Crippen LogP contribution < -0.4 is 9.47 Å². The van der Waals surface area contributed by atoms with Crippen LogP contribution in [0.5, 0.6) is 11.5 Å². The molecule has 1 rings (SSSR count). The summed E-state index contributed by atoms with van der Waals surface area (Å²) < 4.78 is 76.8. The highest BCUT2D eigenvalue weighted by atomic mass is 32.2. The van der Waals surface area contributed by atoms with Gasteiger partial charge in [-0.1, -0.05) is 12.1 Å². The van der Waals surface area contributed by atoms with E-state index < -0.39 is 41.4 Å². The Bertz CT molecular complexity index is 557. The first-order valence-electron chi connectivity index (χ1n) is 5.66. The molecule has 0 aliphatic carbocycles. The topological polar surface area (TPSA) is 93.1 Å². The summed E-state index contributed by atoms with van der Waals surface area (Å²) in [5, 5.41) is 8.72. The zero-order chi connectivity index (χ0) is 16.1. The SMILES string of the molecule is O=S(=O)(O)C(CCO)Oc1ccccc1OCC(F)(F)F. The first-order chi connectivity index (χ1) is 9.63. The fourth-order valence-electron chi connectivity index (χ4n) is 1.34. The summed E-state index contributed by atoms with van der Waals surface area (Å²) in [5.74, 6) is -0.626. The van der Waals surface area contributed by atoms with Gasteiger partial charge in [-0.15, -0.1) is 0 Å². The molecule has 0 bridgehead atoms. The van der Waals surface area contributed by atoms with E-state index in [0.717, 1.165) is 6.07 Å². The van der Waals surface area contributed by atoms with E-state index in [4.69, 9.17) is 14.4 Å². The molecule has 0 aliphatic heterocycles. The standard InChI is InChI=1S/C11H13F3O6S/c12-11(13,14)7-19-8-3-1-2-4-9(8)20-10(5-6-15)21(16,17)18/h1-4,10,15H,5-7H2,(H,16,17,18). The highest BCUT2D eigenvalue weighted by Gasteiger charge is 2.30. The molecule has 0 aromatic heterocycles. The third kappa shape index (κ3) is 6.19. The van der Waals surface area contributed by atoms with Crippen LogP contribution in [0.4, 0.5) is 13.2 Å². The van der Waals surface area contributed by atoms with Crippen molar-refractivity contribution in [1.82, 2.24) is 0 Å². The summed E-state index contributed by atoms with van der Waals surface area (Å²) >= 11 is 0. The second-order valence-electron chi connectivity index (χ2n) is 3.93. The average Bonchev–Trinajstić information content (AvgIpc) is 2.35. The quantitative estimate of drug-likeness (QED) is 0.738. The van der Waals surface area contributed by atoms with Crippen LogP contribution in [0.2, 0.25) is 0 Å². The van der Waals surface area contributed by atoms with Crippen molar-refractivity contribution in [2.45, 2.75) is 18.0 Å². The Morgan fingerprint density at radius 3 is 2.24 bits per heavy atom. The van der Waals surface area contributed by atoms with E-state index in [1.807, 2.05) is 0 Å². The van der Waals surface area contributed by atoms with Crippen molar-refractivity contribution in [3.05, 3.63) is 24.3 Å². The van der Waals surface area contributed by atoms with Crippen LogP contribution in [0.3, 0.4) is 0 Å². The van der Waals surface area contributed by atoms with E-state index in [9.17, 15) is 21.6 Å². The second kappa shape index (κ2) is 6.96. The Labute approximate surface area is 118 Å². The Hall–Kier alpha value is -1.52. The molecule has 1 unspecified atom stereocenters. The number of aliphatic hydroxyl groups excluding tert-OH is 1. The third-order valence-electron chi connectivity index (χ3n) is 2.20. The molecule has 0 amide bonds. The molecule has 0 spiro atoms. The highest BCUT2D eigenvalue weighted by Crippen LogP contribution is 2.30. The molecular weight excluding hydrogens is 317 g/mol. The normalized spacial score (nSPS) is 13.8. The zero-order valence-electron chi connectivity index (χ0n) is 10.6. The minimum atomic E-state index is -4.65. The third-order valence-corrected chi connectivity index (χ3v) is 3.19. The van der Waals surface area contributed by atoms with Crippen molar-refractivity contribution in [2.24, 2.45) is 0 Å². The maximum Gasteiger partial charge on any atom is 0.422 e. The molecular formula is C11H13F3O6S. The van der Waals surface area contributed by atoms with E-state index in [2.05, 4.69) is 4.74 Å². The van der Waals surface area contributed by atoms with Crippen molar-refractivity contribution >= 4 is 10.1 Å². The monoisotopic (exact) mass is 330 g/mol. The number of halogens is 3. The number of hydrogen-bond acceptors (Lipinski definition) is 5. The lowest BCUT2D eigenvalue weighted by Crippen LogP contribution is -2.28. The van der Waals surface area contributed by atoms with Crippen LogP contribution in [0, 0.1) is 0 Å². The van der Waals surface area contributed by atoms with Gasteiger partial charge < -0.3 is 14.6 Å². The number of ether oxygens (including phenoxy) is 2. The summed E-state index contributed by atoms with van der Waals surface area (Å²) in [6.07, 6.45) is -5.02. The molecule has 6 nitrogen and oxygen atoms in total. The fourth-order valence-corrected chi connectivity index (χ4v) is 1.97. The van der Waals surface area contributed by atoms with E-state index in [0.29, 0.717) is 0 Å². The van der Waals surface area contributed by atoms with Gasteiger partial charge in [-0.05, 0) is 12.1 Å². The van der Waals surface area contributed by atoms with Crippen molar-refractivity contribution in [2.75, 3.05) is 13.2 Å². The molecule has 0 fully saturated rings. The molecule has 2 N–H and O–H groups in total. The van der Waals surface area contributed by atoms with Gasteiger partial charge in [-0.25, -0.2) is 0 Å². The number of hydrogen-bond donors (Lipinski definition) is 2. The minimum absolute atomic E-state index is 0.294. The summed E-state index contributed by atoms with van der Waals surface area (Å²) in [6, 6.07) is 5.09. The van der Waals surface area contributed by atoms with E-state index in [-0.39, 0.29) is 11.5 Å². The van der Waals surface area contributed by atoms with Crippen molar-refractivity contribution in [3.63, 3.8) is 0 Å². The van der Waals surface area contributed by atoms with Crippen molar-refractivity contribution in [3.8, 4) is 11.5 Å².